The molecule has 136 valence electrons. The van der Waals surface area contributed by atoms with E-state index in [1.165, 1.54) is 55.5 Å². The number of carbonyl (C=O) groups excluding carboxylic acids is 2. The lowest BCUT2D eigenvalue weighted by atomic mass is 10.3. The minimum Gasteiger partial charge on any atom is -0.475 e. The predicted molar refractivity (Wildman–Crippen MR) is 89.2 cm³/mol. The van der Waals surface area contributed by atoms with Crippen molar-refractivity contribution >= 4 is 23.3 Å². The van der Waals surface area contributed by atoms with Crippen molar-refractivity contribution in [2.24, 2.45) is 0 Å². The standard InChI is InChI=1S/C17H15FN2O6/c1-11(17(22)19-13-8-6-12(18)7-9-13)26-16(21)10-25-15-5-3-2-4-14(15)20(23)24/h2-9,11H,10H2,1H3,(H,19,22)/t11-/m0/s1. The summed E-state index contributed by atoms with van der Waals surface area (Å²) in [6.07, 6.45) is -1.14. The number of hydrogen-bond acceptors (Lipinski definition) is 6. The van der Waals surface area contributed by atoms with Gasteiger partial charge in [-0.05, 0) is 37.3 Å². The van der Waals surface area contributed by atoms with Gasteiger partial charge >= 0.3 is 11.7 Å². The summed E-state index contributed by atoms with van der Waals surface area (Å²) in [7, 11) is 0. The number of hydrogen-bond donors (Lipinski definition) is 1. The number of nitro benzene ring substituents is 1. The van der Waals surface area contributed by atoms with Crippen LogP contribution >= 0.6 is 0 Å². The molecule has 1 N–H and O–H groups in total. The van der Waals surface area contributed by atoms with Gasteiger partial charge in [-0.3, -0.25) is 14.9 Å². The highest BCUT2D eigenvalue weighted by molar-refractivity contribution is 5.95. The second-order valence-corrected chi connectivity index (χ2v) is 5.14. The van der Waals surface area contributed by atoms with Gasteiger partial charge in [0.05, 0.1) is 4.92 Å². The topological polar surface area (TPSA) is 108 Å². The van der Waals surface area contributed by atoms with Crippen LogP contribution in [0.2, 0.25) is 0 Å². The fourth-order valence-corrected chi connectivity index (χ4v) is 1.93. The third-order valence-corrected chi connectivity index (χ3v) is 3.20. The van der Waals surface area contributed by atoms with Crippen LogP contribution in [0.1, 0.15) is 6.92 Å². The Kier molecular flexibility index (Phi) is 6.20. The molecule has 2 aromatic carbocycles. The molecule has 26 heavy (non-hydrogen) atoms. The molecule has 0 heterocycles. The summed E-state index contributed by atoms with van der Waals surface area (Å²) in [4.78, 5) is 33.9. The molecule has 0 aliphatic carbocycles. The van der Waals surface area contributed by atoms with Gasteiger partial charge in [0.1, 0.15) is 5.82 Å². The molecular formula is C17H15FN2O6. The van der Waals surface area contributed by atoms with Crippen LogP contribution < -0.4 is 10.1 Å². The van der Waals surface area contributed by atoms with E-state index in [2.05, 4.69) is 5.32 Å². The normalized spacial score (nSPS) is 11.3. The number of amides is 1. The Morgan fingerprint density at radius 1 is 1.19 bits per heavy atom. The first-order valence-electron chi connectivity index (χ1n) is 7.49. The van der Waals surface area contributed by atoms with Gasteiger partial charge in [0.15, 0.2) is 18.5 Å². The van der Waals surface area contributed by atoms with Gasteiger partial charge in [-0.1, -0.05) is 12.1 Å². The van der Waals surface area contributed by atoms with Crippen molar-refractivity contribution in [3.8, 4) is 5.75 Å². The highest BCUT2D eigenvalue weighted by Gasteiger charge is 2.20. The van der Waals surface area contributed by atoms with Crippen LogP contribution in [0.15, 0.2) is 48.5 Å². The maximum atomic E-state index is 12.8. The molecule has 0 saturated carbocycles. The second kappa shape index (κ2) is 8.56. The Bertz CT molecular complexity index is 809. The van der Waals surface area contributed by atoms with Gasteiger partial charge < -0.3 is 14.8 Å². The van der Waals surface area contributed by atoms with Crippen molar-refractivity contribution in [2.45, 2.75) is 13.0 Å². The van der Waals surface area contributed by atoms with Gasteiger partial charge in [0.2, 0.25) is 0 Å². The van der Waals surface area contributed by atoms with Gasteiger partial charge in [0, 0.05) is 11.8 Å². The molecule has 2 aromatic rings. The highest BCUT2D eigenvalue weighted by Crippen LogP contribution is 2.25. The molecule has 0 aliphatic heterocycles. The Labute approximate surface area is 147 Å². The highest BCUT2D eigenvalue weighted by atomic mass is 19.1. The number of nitro groups is 1. The van der Waals surface area contributed by atoms with Gasteiger partial charge in [-0.2, -0.15) is 0 Å². The Morgan fingerprint density at radius 2 is 1.85 bits per heavy atom. The molecule has 0 aliphatic rings. The van der Waals surface area contributed by atoms with E-state index in [-0.39, 0.29) is 11.4 Å². The molecule has 0 radical (unpaired) electrons. The summed E-state index contributed by atoms with van der Waals surface area (Å²) in [5.74, 6) is -2.02. The average molecular weight is 362 g/mol. The largest absolute Gasteiger partial charge is 0.475 e. The lowest BCUT2D eigenvalue weighted by molar-refractivity contribution is -0.385. The zero-order valence-corrected chi connectivity index (χ0v) is 13.7. The van der Waals surface area contributed by atoms with Crippen LogP contribution in [0.5, 0.6) is 5.75 Å². The van der Waals surface area contributed by atoms with Gasteiger partial charge in [0.25, 0.3) is 5.91 Å². The molecule has 9 heteroatoms. The van der Waals surface area contributed by atoms with Crippen molar-refractivity contribution in [1.82, 2.24) is 0 Å². The van der Waals surface area contributed by atoms with E-state index >= 15 is 0 Å². The quantitative estimate of drug-likeness (QED) is 0.461. The Hall–Kier alpha value is -3.49. The smallest absolute Gasteiger partial charge is 0.344 e. The zero-order chi connectivity index (χ0) is 19.1. The molecule has 1 atom stereocenters. The number of nitrogens with zero attached hydrogens (tertiary/aromatic N) is 1. The van der Waals surface area contributed by atoms with Crippen molar-refractivity contribution in [2.75, 3.05) is 11.9 Å². The molecule has 8 nitrogen and oxygen atoms in total. The molecule has 0 saturated heterocycles. The summed E-state index contributed by atoms with van der Waals surface area (Å²) in [5, 5.41) is 13.3. The molecule has 0 fully saturated rings. The maximum absolute atomic E-state index is 12.8. The minimum atomic E-state index is -1.14. The number of nitrogens with one attached hydrogen (secondary N) is 1. The SMILES string of the molecule is C[C@H](OC(=O)COc1ccccc1[N+](=O)[O-])C(=O)Nc1ccc(F)cc1. The number of anilines is 1. The van der Waals surface area contributed by atoms with E-state index in [0.29, 0.717) is 5.69 Å². The monoisotopic (exact) mass is 362 g/mol. The number of rotatable bonds is 7. The molecule has 2 rings (SSSR count). The van der Waals surface area contributed by atoms with Crippen LogP contribution in [0.4, 0.5) is 15.8 Å². The second-order valence-electron chi connectivity index (χ2n) is 5.14. The average Bonchev–Trinajstić information content (AvgIpc) is 2.62. The molecule has 0 unspecified atom stereocenters. The van der Waals surface area contributed by atoms with E-state index in [1.54, 1.807) is 0 Å². The lowest BCUT2D eigenvalue weighted by Gasteiger charge is -2.14. The van der Waals surface area contributed by atoms with E-state index in [4.69, 9.17) is 9.47 Å². The molecule has 1 amide bonds. The van der Waals surface area contributed by atoms with Crippen molar-refractivity contribution < 1.29 is 28.4 Å². The maximum Gasteiger partial charge on any atom is 0.344 e. The van der Waals surface area contributed by atoms with Gasteiger partial charge in [-0.15, -0.1) is 0 Å². The van der Waals surface area contributed by atoms with Crippen molar-refractivity contribution in [1.29, 1.82) is 0 Å². The van der Waals surface area contributed by atoms with Crippen LogP contribution in [0, 0.1) is 15.9 Å². The van der Waals surface area contributed by atoms with Crippen molar-refractivity contribution in [3.63, 3.8) is 0 Å². The summed E-state index contributed by atoms with van der Waals surface area (Å²) in [6.45, 7) is 0.751. The number of esters is 1. The zero-order valence-electron chi connectivity index (χ0n) is 13.7. The number of halogens is 1. The predicted octanol–water partition coefficient (Wildman–Crippen LogP) is 2.68. The van der Waals surface area contributed by atoms with E-state index < -0.39 is 35.3 Å². The molecular weight excluding hydrogens is 347 g/mol. The third-order valence-electron chi connectivity index (χ3n) is 3.20. The summed E-state index contributed by atoms with van der Waals surface area (Å²) >= 11 is 0. The number of para-hydroxylation sites is 2. The van der Waals surface area contributed by atoms with E-state index in [0.717, 1.165) is 0 Å². The van der Waals surface area contributed by atoms with Crippen LogP contribution in [-0.2, 0) is 14.3 Å². The Morgan fingerprint density at radius 3 is 2.50 bits per heavy atom. The molecule has 0 spiro atoms. The number of carbonyl (C=O) groups is 2. The summed E-state index contributed by atoms with van der Waals surface area (Å²) in [5.41, 5.74) is 0.0536. The fraction of sp³-hybridized carbons (Fsp3) is 0.176. The molecule has 0 aromatic heterocycles. The number of benzene rings is 2. The summed E-state index contributed by atoms with van der Waals surface area (Å²) in [6, 6.07) is 10.6. The van der Waals surface area contributed by atoms with Crippen molar-refractivity contribution in [3.05, 3.63) is 64.5 Å². The van der Waals surface area contributed by atoms with Gasteiger partial charge in [-0.25, -0.2) is 9.18 Å². The first kappa shape index (κ1) is 18.8. The van der Waals surface area contributed by atoms with Crippen LogP contribution in [0.3, 0.4) is 0 Å². The fourth-order valence-electron chi connectivity index (χ4n) is 1.93. The van der Waals surface area contributed by atoms with E-state index in [9.17, 15) is 24.1 Å². The Balaban J connectivity index is 1.86. The third kappa shape index (κ3) is 5.26. The first-order chi connectivity index (χ1) is 12.4. The van der Waals surface area contributed by atoms with Crippen LogP contribution in [-0.4, -0.2) is 29.5 Å². The minimum absolute atomic E-state index is 0.0853. The molecule has 0 bridgehead atoms. The summed E-state index contributed by atoms with van der Waals surface area (Å²) < 4.78 is 22.8. The van der Waals surface area contributed by atoms with E-state index in [1.807, 2.05) is 0 Å². The lowest BCUT2D eigenvalue weighted by Crippen LogP contribution is -2.31. The number of ether oxygens (including phenoxy) is 2. The first-order valence-corrected chi connectivity index (χ1v) is 7.49. The van der Waals surface area contributed by atoms with Crippen LogP contribution in [0.25, 0.3) is 0 Å².